The highest BCUT2D eigenvalue weighted by atomic mass is 32.2. The minimum Gasteiger partial charge on any atom is -0.458 e. The van der Waals surface area contributed by atoms with Crippen LogP contribution >= 0.6 is 23.1 Å². The molecule has 33 heavy (non-hydrogen) atoms. The number of allylic oxidation sites excluding steroid dienone is 2. The summed E-state index contributed by atoms with van der Waals surface area (Å²) in [6, 6.07) is 11.9. The van der Waals surface area contributed by atoms with Gasteiger partial charge in [-0.1, -0.05) is 48.2 Å². The number of nitrogens with zero attached hydrogens (tertiary/aromatic N) is 1. The first kappa shape index (κ1) is 24.4. The van der Waals surface area contributed by atoms with Crippen molar-refractivity contribution in [2.75, 3.05) is 17.7 Å². The van der Waals surface area contributed by atoms with E-state index in [2.05, 4.69) is 23.3 Å². The molecule has 1 aliphatic heterocycles. The van der Waals surface area contributed by atoms with E-state index in [1.54, 1.807) is 6.92 Å². The van der Waals surface area contributed by atoms with Crippen LogP contribution in [0, 0.1) is 25.2 Å². The van der Waals surface area contributed by atoms with Crippen LogP contribution in [-0.2, 0) is 14.3 Å². The maximum absolute atomic E-state index is 12.8. The molecule has 2 N–H and O–H groups in total. The number of rotatable bonds is 8. The van der Waals surface area contributed by atoms with Crippen molar-refractivity contribution in [3.63, 3.8) is 0 Å². The second-order valence-corrected chi connectivity index (χ2v) is 9.47. The van der Waals surface area contributed by atoms with Gasteiger partial charge in [0.1, 0.15) is 6.61 Å². The van der Waals surface area contributed by atoms with E-state index in [9.17, 15) is 14.9 Å². The SMILES string of the molecule is C=CCOC(=O)C1=C(C)NC(SCC(=O)Nc2ccc(C)cc2C)=C(C#N)[C@@H]1c1cccs1. The van der Waals surface area contributed by atoms with E-state index in [-0.39, 0.29) is 18.3 Å². The zero-order valence-electron chi connectivity index (χ0n) is 18.7. The zero-order chi connectivity index (χ0) is 24.0. The van der Waals surface area contributed by atoms with Gasteiger partial charge in [-0.3, -0.25) is 4.79 Å². The third-order valence-electron chi connectivity index (χ3n) is 5.03. The zero-order valence-corrected chi connectivity index (χ0v) is 20.4. The maximum Gasteiger partial charge on any atom is 0.337 e. The Morgan fingerprint density at radius 1 is 1.33 bits per heavy atom. The van der Waals surface area contributed by atoms with Crippen LogP contribution in [0.25, 0.3) is 0 Å². The van der Waals surface area contributed by atoms with Gasteiger partial charge >= 0.3 is 5.97 Å². The summed E-state index contributed by atoms with van der Waals surface area (Å²) in [5, 5.41) is 18.5. The van der Waals surface area contributed by atoms with Crippen LogP contribution in [0.1, 0.15) is 28.8 Å². The first-order valence-corrected chi connectivity index (χ1v) is 12.2. The van der Waals surface area contributed by atoms with Gasteiger partial charge in [0.2, 0.25) is 5.91 Å². The molecule has 2 heterocycles. The van der Waals surface area contributed by atoms with Gasteiger partial charge in [-0.15, -0.1) is 11.3 Å². The van der Waals surface area contributed by atoms with Crippen molar-refractivity contribution in [1.82, 2.24) is 5.32 Å². The van der Waals surface area contributed by atoms with E-state index in [1.165, 1.54) is 29.2 Å². The second kappa shape index (κ2) is 11.0. The number of benzene rings is 1. The number of amides is 1. The minimum absolute atomic E-state index is 0.0819. The molecule has 1 atom stereocenters. The lowest BCUT2D eigenvalue weighted by Gasteiger charge is -2.28. The number of carbonyl (C=O) groups excluding carboxylic acids is 2. The van der Waals surface area contributed by atoms with Crippen molar-refractivity contribution in [2.45, 2.75) is 26.7 Å². The van der Waals surface area contributed by atoms with Crippen molar-refractivity contribution >= 4 is 40.7 Å². The highest BCUT2D eigenvalue weighted by Gasteiger charge is 2.36. The van der Waals surface area contributed by atoms with Gasteiger partial charge < -0.3 is 15.4 Å². The Hall–Kier alpha value is -3.28. The quantitative estimate of drug-likeness (QED) is 0.401. The molecule has 0 fully saturated rings. The second-order valence-electron chi connectivity index (χ2n) is 7.51. The molecule has 8 heteroatoms. The summed E-state index contributed by atoms with van der Waals surface area (Å²) in [5.41, 5.74) is 4.24. The molecule has 1 amide bonds. The van der Waals surface area contributed by atoms with Crippen LogP contribution < -0.4 is 10.6 Å². The molecule has 1 aromatic heterocycles. The number of hydrogen-bond donors (Lipinski definition) is 2. The molecule has 170 valence electrons. The summed E-state index contributed by atoms with van der Waals surface area (Å²) >= 11 is 2.70. The molecule has 0 aliphatic carbocycles. The fraction of sp³-hybridized carbons (Fsp3) is 0.240. The number of aryl methyl sites for hydroxylation is 2. The summed E-state index contributed by atoms with van der Waals surface area (Å²) in [6.07, 6.45) is 1.50. The van der Waals surface area contributed by atoms with E-state index >= 15 is 0 Å². The average Bonchev–Trinajstić information content (AvgIpc) is 3.32. The topological polar surface area (TPSA) is 91.2 Å². The number of ether oxygens (including phenoxy) is 1. The van der Waals surface area contributed by atoms with Crippen molar-refractivity contribution in [3.05, 3.63) is 86.2 Å². The summed E-state index contributed by atoms with van der Waals surface area (Å²) in [6.45, 7) is 9.38. The predicted octanol–water partition coefficient (Wildman–Crippen LogP) is 5.16. The molecule has 0 saturated heterocycles. The van der Waals surface area contributed by atoms with Gasteiger partial charge in [0.25, 0.3) is 0 Å². The number of carbonyl (C=O) groups is 2. The fourth-order valence-corrected chi connectivity index (χ4v) is 5.26. The molecule has 6 nitrogen and oxygen atoms in total. The van der Waals surface area contributed by atoms with E-state index < -0.39 is 11.9 Å². The smallest absolute Gasteiger partial charge is 0.337 e. The van der Waals surface area contributed by atoms with Crippen molar-refractivity contribution in [3.8, 4) is 6.07 Å². The molecule has 0 spiro atoms. The number of thioether (sulfide) groups is 1. The van der Waals surface area contributed by atoms with E-state index in [4.69, 9.17) is 4.74 Å². The van der Waals surface area contributed by atoms with Crippen LogP contribution in [0.15, 0.2) is 70.2 Å². The number of esters is 1. The number of hydrogen-bond acceptors (Lipinski definition) is 7. The summed E-state index contributed by atoms with van der Waals surface area (Å²) in [7, 11) is 0. The third-order valence-corrected chi connectivity index (χ3v) is 6.99. The molecule has 3 rings (SSSR count). The summed E-state index contributed by atoms with van der Waals surface area (Å²) in [4.78, 5) is 26.3. The van der Waals surface area contributed by atoms with Gasteiger partial charge in [-0.25, -0.2) is 4.79 Å². The Morgan fingerprint density at radius 2 is 2.12 bits per heavy atom. The van der Waals surface area contributed by atoms with Gasteiger partial charge in [-0.05, 0) is 43.8 Å². The Morgan fingerprint density at radius 3 is 2.76 bits per heavy atom. The fourth-order valence-electron chi connectivity index (χ4n) is 3.53. The van der Waals surface area contributed by atoms with Crippen LogP contribution in [0.5, 0.6) is 0 Å². The van der Waals surface area contributed by atoms with Crippen LogP contribution in [0.4, 0.5) is 5.69 Å². The molecule has 2 aromatic rings. The minimum atomic E-state index is -0.557. The molecule has 0 saturated carbocycles. The van der Waals surface area contributed by atoms with E-state index in [1.807, 2.05) is 49.6 Å². The third kappa shape index (κ3) is 5.75. The molecule has 1 aromatic carbocycles. The summed E-state index contributed by atoms with van der Waals surface area (Å²) < 4.78 is 5.29. The standard InChI is InChI=1S/C25H25N3O3S2/c1-5-10-31-25(30)22-17(4)27-24(18(13-26)23(22)20-7-6-11-32-20)33-14-21(29)28-19-9-8-15(2)12-16(19)3/h5-9,11-12,23,27H,1,10,14H2,2-4H3,(H,28,29)/t23-/m1/s1. The Kier molecular flexibility index (Phi) is 8.15. The average molecular weight is 480 g/mol. The van der Waals surface area contributed by atoms with Gasteiger partial charge in [0.05, 0.1) is 33.9 Å². The van der Waals surface area contributed by atoms with Crippen molar-refractivity contribution in [2.24, 2.45) is 0 Å². The van der Waals surface area contributed by atoms with Crippen molar-refractivity contribution in [1.29, 1.82) is 5.26 Å². The molecule has 1 aliphatic rings. The number of thiophene rings is 1. The number of nitrogens with one attached hydrogen (secondary N) is 2. The molecule has 0 unspecified atom stereocenters. The maximum atomic E-state index is 12.8. The lowest BCUT2D eigenvalue weighted by atomic mass is 9.87. The van der Waals surface area contributed by atoms with E-state index in [0.717, 1.165) is 21.7 Å². The number of nitriles is 1. The molecule has 0 bridgehead atoms. The Labute approximate surface area is 202 Å². The van der Waals surface area contributed by atoms with Crippen LogP contribution in [-0.4, -0.2) is 24.2 Å². The van der Waals surface area contributed by atoms with Crippen LogP contribution in [0.3, 0.4) is 0 Å². The predicted molar refractivity (Wildman–Crippen MR) is 134 cm³/mol. The van der Waals surface area contributed by atoms with Gasteiger partial charge in [0, 0.05) is 16.3 Å². The van der Waals surface area contributed by atoms with Crippen LogP contribution in [0.2, 0.25) is 0 Å². The number of dihydropyridines is 1. The highest BCUT2D eigenvalue weighted by Crippen LogP contribution is 2.42. The summed E-state index contributed by atoms with van der Waals surface area (Å²) in [5.74, 6) is -1.12. The van der Waals surface area contributed by atoms with E-state index in [0.29, 0.717) is 21.9 Å². The normalized spacial score (nSPS) is 15.5. The molecular weight excluding hydrogens is 454 g/mol. The highest BCUT2D eigenvalue weighted by molar-refractivity contribution is 8.03. The van der Waals surface area contributed by atoms with Crippen molar-refractivity contribution < 1.29 is 14.3 Å². The number of anilines is 1. The lowest BCUT2D eigenvalue weighted by Crippen LogP contribution is -2.29. The Balaban J connectivity index is 1.84. The lowest BCUT2D eigenvalue weighted by molar-refractivity contribution is -0.138. The van der Waals surface area contributed by atoms with Gasteiger partial charge in [0.15, 0.2) is 0 Å². The molecular formula is C25H25N3O3S2. The van der Waals surface area contributed by atoms with Gasteiger partial charge in [-0.2, -0.15) is 5.26 Å². The Bertz CT molecular complexity index is 1170. The largest absolute Gasteiger partial charge is 0.458 e. The monoisotopic (exact) mass is 479 g/mol. The first-order valence-electron chi connectivity index (χ1n) is 10.3. The first-order chi connectivity index (χ1) is 15.8. The molecule has 0 radical (unpaired) electrons.